The van der Waals surface area contributed by atoms with Gasteiger partial charge in [0.15, 0.2) is 0 Å². The molecule has 13 heteroatoms. The van der Waals surface area contributed by atoms with E-state index in [4.69, 9.17) is 0 Å². The standard InChI is InChI=1S/C23H19F3N4O4S2/c1-35(31,32)29-17-10-6-15(7-11-17)8-13-22-27-20-12-9-16(14-21(20)28-22)18-4-2-3-5-19(18)30-36(33,34)23(24,25)26/h2-14,29-30H,1H3,(H,27,28)/b13-8+. The number of rotatable bonds is 7. The second kappa shape index (κ2) is 9.32. The summed E-state index contributed by atoms with van der Waals surface area (Å²) in [5, 5.41) is 0. The Kier molecular flexibility index (Phi) is 6.54. The third-order valence-electron chi connectivity index (χ3n) is 4.93. The Balaban J connectivity index is 1.59. The van der Waals surface area contributed by atoms with Crippen LogP contribution in [-0.4, -0.2) is 38.6 Å². The van der Waals surface area contributed by atoms with Crippen molar-refractivity contribution in [3.05, 3.63) is 78.1 Å². The monoisotopic (exact) mass is 536 g/mol. The molecule has 0 spiro atoms. The SMILES string of the molecule is CS(=O)(=O)Nc1ccc(/C=C/c2nc3ccc(-c4ccccc4NS(=O)(=O)C(F)(F)F)cc3[nH]2)cc1. The zero-order valence-corrected chi connectivity index (χ0v) is 20.2. The first-order valence-corrected chi connectivity index (χ1v) is 13.6. The quantitative estimate of drug-likeness (QED) is 0.306. The van der Waals surface area contributed by atoms with Crippen LogP contribution in [0, 0.1) is 0 Å². The number of nitrogens with zero attached hydrogens (tertiary/aromatic N) is 1. The Bertz CT molecular complexity index is 1660. The molecule has 3 aromatic carbocycles. The maximum atomic E-state index is 12.8. The van der Waals surface area contributed by atoms with Gasteiger partial charge in [0.25, 0.3) is 0 Å². The molecule has 0 saturated heterocycles. The summed E-state index contributed by atoms with van der Waals surface area (Å²) in [7, 11) is -8.95. The highest BCUT2D eigenvalue weighted by Gasteiger charge is 2.46. The molecule has 8 nitrogen and oxygen atoms in total. The number of aromatic nitrogens is 2. The van der Waals surface area contributed by atoms with Gasteiger partial charge < -0.3 is 4.98 Å². The van der Waals surface area contributed by atoms with E-state index in [9.17, 15) is 30.0 Å². The lowest BCUT2D eigenvalue weighted by molar-refractivity contribution is -0.0429. The van der Waals surface area contributed by atoms with E-state index in [-0.39, 0.29) is 11.3 Å². The van der Waals surface area contributed by atoms with E-state index in [1.807, 2.05) is 0 Å². The van der Waals surface area contributed by atoms with Crippen molar-refractivity contribution in [2.45, 2.75) is 5.51 Å². The van der Waals surface area contributed by atoms with Gasteiger partial charge in [-0.2, -0.15) is 21.6 Å². The first-order chi connectivity index (χ1) is 16.8. The first-order valence-electron chi connectivity index (χ1n) is 10.2. The largest absolute Gasteiger partial charge is 0.516 e. The van der Waals surface area contributed by atoms with E-state index >= 15 is 0 Å². The van der Waals surface area contributed by atoms with Crippen LogP contribution in [0.3, 0.4) is 0 Å². The minimum atomic E-state index is -5.58. The highest BCUT2D eigenvalue weighted by atomic mass is 32.2. The maximum absolute atomic E-state index is 12.8. The van der Waals surface area contributed by atoms with Gasteiger partial charge in [0.1, 0.15) is 5.82 Å². The smallest absolute Gasteiger partial charge is 0.338 e. The Labute approximate surface area is 205 Å². The first kappa shape index (κ1) is 25.3. The van der Waals surface area contributed by atoms with Crippen LogP contribution in [0.15, 0.2) is 66.7 Å². The zero-order valence-electron chi connectivity index (χ0n) is 18.5. The van der Waals surface area contributed by atoms with E-state index < -0.39 is 25.6 Å². The van der Waals surface area contributed by atoms with Gasteiger partial charge in [-0.15, -0.1) is 0 Å². The Morgan fingerprint density at radius 1 is 0.889 bits per heavy atom. The molecule has 0 saturated carbocycles. The summed E-state index contributed by atoms with van der Waals surface area (Å²) in [5.41, 5.74) is -2.49. The van der Waals surface area contributed by atoms with Gasteiger partial charge in [-0.25, -0.2) is 13.4 Å². The third-order valence-corrected chi connectivity index (χ3v) is 6.64. The average Bonchev–Trinajstić information content (AvgIpc) is 3.19. The summed E-state index contributed by atoms with van der Waals surface area (Å²) in [6, 6.07) is 17.4. The fourth-order valence-corrected chi connectivity index (χ4v) is 4.50. The number of aromatic amines is 1. The molecule has 0 atom stereocenters. The Morgan fingerprint density at radius 2 is 1.58 bits per heavy atom. The molecular formula is C23H19F3N4O4S2. The molecule has 0 amide bonds. The van der Waals surface area contributed by atoms with E-state index in [1.165, 1.54) is 18.2 Å². The van der Waals surface area contributed by atoms with Crippen LogP contribution >= 0.6 is 0 Å². The summed E-state index contributed by atoms with van der Waals surface area (Å²) in [6.45, 7) is 0. The van der Waals surface area contributed by atoms with Crippen LogP contribution in [0.25, 0.3) is 34.3 Å². The van der Waals surface area contributed by atoms with Crippen molar-refractivity contribution >= 4 is 54.6 Å². The summed E-state index contributed by atoms with van der Waals surface area (Å²) in [6.07, 6.45) is 4.54. The molecule has 0 radical (unpaired) electrons. The van der Waals surface area contributed by atoms with Crippen LogP contribution < -0.4 is 9.44 Å². The predicted molar refractivity (Wildman–Crippen MR) is 134 cm³/mol. The number of sulfonamides is 2. The highest BCUT2D eigenvalue weighted by molar-refractivity contribution is 7.93. The van der Waals surface area contributed by atoms with Crippen molar-refractivity contribution in [1.29, 1.82) is 0 Å². The van der Waals surface area contributed by atoms with Crippen LogP contribution in [0.5, 0.6) is 0 Å². The Morgan fingerprint density at radius 3 is 2.25 bits per heavy atom. The molecule has 3 N–H and O–H groups in total. The normalized spacial score (nSPS) is 12.8. The van der Waals surface area contributed by atoms with Gasteiger partial charge >= 0.3 is 15.5 Å². The van der Waals surface area contributed by atoms with E-state index in [0.717, 1.165) is 11.8 Å². The van der Waals surface area contributed by atoms with Crippen LogP contribution in [0.2, 0.25) is 0 Å². The topological polar surface area (TPSA) is 121 Å². The molecule has 4 aromatic rings. The molecule has 0 aliphatic heterocycles. The summed E-state index contributed by atoms with van der Waals surface area (Å²) < 4.78 is 88.3. The number of H-pyrrole nitrogens is 1. The predicted octanol–water partition coefficient (Wildman–Crippen LogP) is 5.03. The molecular weight excluding hydrogens is 517 g/mol. The van der Waals surface area contributed by atoms with Crippen molar-refractivity contribution in [3.8, 4) is 11.1 Å². The van der Waals surface area contributed by atoms with Crippen molar-refractivity contribution in [1.82, 2.24) is 9.97 Å². The number of hydrogen-bond donors (Lipinski definition) is 3. The van der Waals surface area contributed by atoms with Gasteiger partial charge in [0.2, 0.25) is 10.0 Å². The highest BCUT2D eigenvalue weighted by Crippen LogP contribution is 2.33. The van der Waals surface area contributed by atoms with Crippen LogP contribution in [0.1, 0.15) is 11.4 Å². The number of anilines is 2. The van der Waals surface area contributed by atoms with E-state index in [0.29, 0.717) is 28.1 Å². The summed E-state index contributed by atoms with van der Waals surface area (Å²) >= 11 is 0. The lowest BCUT2D eigenvalue weighted by Gasteiger charge is -2.14. The second-order valence-corrected chi connectivity index (χ2v) is 11.2. The summed E-state index contributed by atoms with van der Waals surface area (Å²) in [5.74, 6) is 0.506. The fourth-order valence-electron chi connectivity index (χ4n) is 3.35. The fraction of sp³-hybridized carbons (Fsp3) is 0.0870. The Hall–Kier alpha value is -3.84. The number of fused-ring (bicyclic) bond motifs is 1. The third kappa shape index (κ3) is 5.86. The van der Waals surface area contributed by atoms with Gasteiger partial charge in [0, 0.05) is 11.3 Å². The zero-order chi connectivity index (χ0) is 26.1. The van der Waals surface area contributed by atoms with Gasteiger partial charge in [-0.1, -0.05) is 42.5 Å². The molecule has 1 aromatic heterocycles. The van der Waals surface area contributed by atoms with Crippen molar-refractivity contribution < 1.29 is 30.0 Å². The number of alkyl halides is 3. The van der Waals surface area contributed by atoms with Crippen LogP contribution in [-0.2, 0) is 20.0 Å². The van der Waals surface area contributed by atoms with Crippen molar-refractivity contribution in [2.24, 2.45) is 0 Å². The minimum absolute atomic E-state index is 0.206. The van der Waals surface area contributed by atoms with Crippen LogP contribution in [0.4, 0.5) is 24.5 Å². The number of benzene rings is 3. The molecule has 0 aliphatic rings. The second-order valence-electron chi connectivity index (χ2n) is 7.78. The minimum Gasteiger partial charge on any atom is -0.338 e. The van der Waals surface area contributed by atoms with Gasteiger partial charge in [-0.05, 0) is 47.5 Å². The molecule has 1 heterocycles. The molecule has 0 unspecified atom stereocenters. The number of halogens is 3. The molecule has 36 heavy (non-hydrogen) atoms. The van der Waals surface area contributed by atoms with Gasteiger partial charge in [0.05, 0.1) is 23.0 Å². The molecule has 188 valence electrons. The van der Waals surface area contributed by atoms with Crippen molar-refractivity contribution in [3.63, 3.8) is 0 Å². The van der Waals surface area contributed by atoms with Crippen molar-refractivity contribution in [2.75, 3.05) is 15.7 Å². The molecule has 0 aliphatic carbocycles. The maximum Gasteiger partial charge on any atom is 0.516 e. The van der Waals surface area contributed by atoms with Gasteiger partial charge in [-0.3, -0.25) is 9.44 Å². The number of nitrogens with one attached hydrogen (secondary N) is 3. The number of imidazole rings is 1. The summed E-state index contributed by atoms with van der Waals surface area (Å²) in [4.78, 5) is 7.55. The number of hydrogen-bond acceptors (Lipinski definition) is 5. The van der Waals surface area contributed by atoms with E-state index in [2.05, 4.69) is 14.7 Å². The molecule has 4 rings (SSSR count). The number of para-hydroxylation sites is 1. The lowest BCUT2D eigenvalue weighted by atomic mass is 10.0. The van der Waals surface area contributed by atoms with E-state index in [1.54, 1.807) is 65.4 Å². The average molecular weight is 537 g/mol. The molecule has 0 fully saturated rings. The molecule has 0 bridgehead atoms. The lowest BCUT2D eigenvalue weighted by Crippen LogP contribution is -2.30.